The number of hydrogen-bond acceptors (Lipinski definition) is 5. The number of nitrogens with two attached hydrogens (primary N) is 1. The van der Waals surface area contributed by atoms with Gasteiger partial charge in [0, 0.05) is 12.6 Å². The smallest absolute Gasteiger partial charge is 0.147 e. The zero-order valence-corrected chi connectivity index (χ0v) is 9.94. The number of rotatable bonds is 2. The van der Waals surface area contributed by atoms with E-state index in [9.17, 15) is 0 Å². The second-order valence-corrected chi connectivity index (χ2v) is 4.42. The van der Waals surface area contributed by atoms with Gasteiger partial charge in [-0.05, 0) is 35.3 Å². The van der Waals surface area contributed by atoms with Gasteiger partial charge in [-0.1, -0.05) is 0 Å². The van der Waals surface area contributed by atoms with Crippen LogP contribution in [0.5, 0.6) is 0 Å². The molecule has 2 rings (SSSR count). The van der Waals surface area contributed by atoms with Gasteiger partial charge in [0.25, 0.3) is 0 Å². The van der Waals surface area contributed by atoms with Crippen LogP contribution in [0.2, 0.25) is 0 Å². The summed E-state index contributed by atoms with van der Waals surface area (Å²) in [5, 5.41) is 5.04. The summed E-state index contributed by atoms with van der Waals surface area (Å²) in [6.45, 7) is 2.00. The number of nitrogens with one attached hydrogen (secondary N) is 1. The lowest BCUT2D eigenvalue weighted by atomic mass is 10.1. The monoisotopic (exact) mass is 271 g/mol. The fourth-order valence-corrected chi connectivity index (χ4v) is 2.02. The lowest BCUT2D eigenvalue weighted by Crippen LogP contribution is -2.50. The molecule has 1 aliphatic heterocycles. The first-order valence-electron chi connectivity index (χ1n) is 4.99. The van der Waals surface area contributed by atoms with Crippen LogP contribution in [0, 0.1) is 0 Å². The minimum Gasteiger partial charge on any atom is -0.315 e. The summed E-state index contributed by atoms with van der Waals surface area (Å²) in [7, 11) is 0. The van der Waals surface area contributed by atoms with Gasteiger partial charge < -0.3 is 5.32 Å². The summed E-state index contributed by atoms with van der Waals surface area (Å²) in [6.07, 6.45) is 3.77. The van der Waals surface area contributed by atoms with Gasteiger partial charge in [-0.25, -0.2) is 15.8 Å². The highest BCUT2D eigenvalue weighted by atomic mass is 79.9. The molecular formula is C9H14BrN5. The zero-order valence-electron chi connectivity index (χ0n) is 8.36. The van der Waals surface area contributed by atoms with Gasteiger partial charge in [-0.15, -0.1) is 0 Å². The van der Waals surface area contributed by atoms with Gasteiger partial charge >= 0.3 is 0 Å². The van der Waals surface area contributed by atoms with Crippen molar-refractivity contribution in [2.24, 2.45) is 5.84 Å². The molecule has 0 amide bonds. The summed E-state index contributed by atoms with van der Waals surface area (Å²) in [5.74, 6) is 6.78. The van der Waals surface area contributed by atoms with E-state index in [1.807, 2.05) is 6.07 Å². The minimum atomic E-state index is 0.320. The molecule has 1 aliphatic rings. The zero-order chi connectivity index (χ0) is 10.7. The first kappa shape index (κ1) is 10.8. The van der Waals surface area contributed by atoms with Crippen LogP contribution in [0.3, 0.4) is 0 Å². The SMILES string of the molecule is NN(c1cc(Br)ncn1)[C@H]1CCCNC1. The van der Waals surface area contributed by atoms with Crippen molar-refractivity contribution in [3.63, 3.8) is 0 Å². The fraction of sp³-hybridized carbons (Fsp3) is 0.556. The average molecular weight is 272 g/mol. The topological polar surface area (TPSA) is 67.1 Å². The van der Waals surface area contributed by atoms with E-state index in [1.165, 1.54) is 6.33 Å². The summed E-state index contributed by atoms with van der Waals surface area (Å²) >= 11 is 3.31. The van der Waals surface area contributed by atoms with Crippen LogP contribution in [0.25, 0.3) is 0 Å². The molecule has 15 heavy (non-hydrogen) atoms. The molecule has 82 valence electrons. The second-order valence-electron chi connectivity index (χ2n) is 3.61. The van der Waals surface area contributed by atoms with E-state index in [0.29, 0.717) is 6.04 Å². The van der Waals surface area contributed by atoms with E-state index in [0.717, 1.165) is 36.4 Å². The molecule has 6 heteroatoms. The molecular weight excluding hydrogens is 258 g/mol. The van der Waals surface area contributed by atoms with Crippen LogP contribution in [-0.2, 0) is 0 Å². The molecule has 5 nitrogen and oxygen atoms in total. The van der Waals surface area contributed by atoms with Gasteiger partial charge in [0.05, 0.1) is 6.04 Å². The van der Waals surface area contributed by atoms with E-state index in [4.69, 9.17) is 5.84 Å². The van der Waals surface area contributed by atoms with Crippen LogP contribution in [0.4, 0.5) is 5.82 Å². The molecule has 1 aromatic heterocycles. The Balaban J connectivity index is 2.08. The van der Waals surface area contributed by atoms with E-state index in [2.05, 4.69) is 31.2 Å². The van der Waals surface area contributed by atoms with E-state index in [-0.39, 0.29) is 0 Å². The Bertz CT molecular complexity index is 326. The highest BCUT2D eigenvalue weighted by Crippen LogP contribution is 2.17. The Morgan fingerprint density at radius 1 is 1.53 bits per heavy atom. The van der Waals surface area contributed by atoms with Gasteiger partial charge in [-0.3, -0.25) is 5.01 Å². The maximum atomic E-state index is 6.02. The minimum absolute atomic E-state index is 0.320. The van der Waals surface area contributed by atoms with E-state index < -0.39 is 0 Å². The third-order valence-corrected chi connectivity index (χ3v) is 2.98. The van der Waals surface area contributed by atoms with Gasteiger partial charge in [0.2, 0.25) is 0 Å². The van der Waals surface area contributed by atoms with Crippen LogP contribution >= 0.6 is 15.9 Å². The molecule has 2 heterocycles. The normalized spacial score (nSPS) is 21.3. The van der Waals surface area contributed by atoms with E-state index in [1.54, 1.807) is 5.01 Å². The third kappa shape index (κ3) is 2.64. The number of hydrogen-bond donors (Lipinski definition) is 2. The first-order valence-corrected chi connectivity index (χ1v) is 5.79. The molecule has 0 aliphatic carbocycles. The Morgan fingerprint density at radius 2 is 2.40 bits per heavy atom. The van der Waals surface area contributed by atoms with Gasteiger partial charge in [0.15, 0.2) is 0 Å². The number of aromatic nitrogens is 2. The Morgan fingerprint density at radius 3 is 3.07 bits per heavy atom. The van der Waals surface area contributed by atoms with Crippen molar-refractivity contribution in [3.05, 3.63) is 17.0 Å². The standard InChI is InChI=1S/C9H14BrN5/c10-8-4-9(14-6-13-8)15(11)7-2-1-3-12-5-7/h4,6-7,12H,1-3,5,11H2/t7-/m0/s1. The summed E-state index contributed by atoms with van der Waals surface area (Å²) < 4.78 is 0.756. The Labute approximate surface area is 97.2 Å². The molecule has 3 N–H and O–H groups in total. The molecule has 1 fully saturated rings. The number of piperidine rings is 1. The summed E-state index contributed by atoms with van der Waals surface area (Å²) in [5.41, 5.74) is 0. The molecule has 1 atom stereocenters. The van der Waals surface area contributed by atoms with Gasteiger partial charge in [0.1, 0.15) is 16.7 Å². The van der Waals surface area contributed by atoms with Crippen LogP contribution < -0.4 is 16.2 Å². The number of nitrogens with zero attached hydrogens (tertiary/aromatic N) is 3. The highest BCUT2D eigenvalue weighted by molar-refractivity contribution is 9.10. The predicted molar refractivity (Wildman–Crippen MR) is 62.3 cm³/mol. The second kappa shape index (κ2) is 4.87. The van der Waals surface area contributed by atoms with Crippen molar-refractivity contribution in [1.29, 1.82) is 0 Å². The van der Waals surface area contributed by atoms with Crippen molar-refractivity contribution in [2.75, 3.05) is 18.1 Å². The summed E-state index contributed by atoms with van der Waals surface area (Å²) in [4.78, 5) is 8.12. The maximum absolute atomic E-state index is 6.02. The maximum Gasteiger partial charge on any atom is 0.147 e. The lowest BCUT2D eigenvalue weighted by Gasteiger charge is -2.31. The molecule has 0 unspecified atom stereocenters. The van der Waals surface area contributed by atoms with Gasteiger partial charge in [-0.2, -0.15) is 0 Å². The first-order chi connectivity index (χ1) is 7.27. The molecule has 1 aromatic rings. The highest BCUT2D eigenvalue weighted by Gasteiger charge is 2.19. The molecule has 0 spiro atoms. The van der Waals surface area contributed by atoms with Crippen molar-refractivity contribution in [3.8, 4) is 0 Å². The molecule has 0 aromatic carbocycles. The van der Waals surface area contributed by atoms with Crippen LogP contribution in [0.1, 0.15) is 12.8 Å². The molecule has 0 radical (unpaired) electrons. The average Bonchev–Trinajstić information content (AvgIpc) is 2.29. The molecule has 0 bridgehead atoms. The number of halogens is 1. The van der Waals surface area contributed by atoms with Crippen LogP contribution in [0.15, 0.2) is 17.0 Å². The third-order valence-electron chi connectivity index (χ3n) is 2.55. The largest absolute Gasteiger partial charge is 0.315 e. The van der Waals surface area contributed by atoms with Crippen molar-refractivity contribution < 1.29 is 0 Å². The predicted octanol–water partition coefficient (Wildman–Crippen LogP) is 0.671. The quantitative estimate of drug-likeness (QED) is 0.470. The van der Waals surface area contributed by atoms with Crippen LogP contribution in [-0.4, -0.2) is 29.1 Å². The van der Waals surface area contributed by atoms with Crippen molar-refractivity contribution in [1.82, 2.24) is 15.3 Å². The summed E-state index contributed by atoms with van der Waals surface area (Å²) in [6, 6.07) is 2.15. The van der Waals surface area contributed by atoms with Crippen molar-refractivity contribution in [2.45, 2.75) is 18.9 Å². The lowest BCUT2D eigenvalue weighted by molar-refractivity contribution is 0.433. The number of hydrazine groups is 1. The molecule has 0 saturated carbocycles. The number of anilines is 1. The van der Waals surface area contributed by atoms with E-state index >= 15 is 0 Å². The van der Waals surface area contributed by atoms with Crippen molar-refractivity contribution >= 4 is 21.7 Å². The Hall–Kier alpha value is -0.720. The fourth-order valence-electron chi connectivity index (χ4n) is 1.72. The molecule has 1 saturated heterocycles. The Kier molecular flexibility index (Phi) is 3.50.